The summed E-state index contributed by atoms with van der Waals surface area (Å²) < 4.78 is 33.6. The number of nitrogens with one attached hydrogen (secondary N) is 2. The number of likely N-dealkylation sites (tertiary alicyclic amines) is 1. The second kappa shape index (κ2) is 7.38. The summed E-state index contributed by atoms with van der Waals surface area (Å²) in [4.78, 5) is 14.7. The first kappa shape index (κ1) is 19.2. The van der Waals surface area contributed by atoms with E-state index in [-0.39, 0.29) is 18.1 Å². The molecule has 2 fully saturated rings. The lowest BCUT2D eigenvalue weighted by Crippen LogP contribution is -2.52. The topological polar surface area (TPSA) is 87.7 Å². The van der Waals surface area contributed by atoms with Crippen LogP contribution in [0.1, 0.15) is 18.4 Å². The average molecular weight is 422 g/mol. The maximum Gasteiger partial charge on any atom is 0.322 e. The predicted octanol–water partition coefficient (Wildman–Crippen LogP) is 3.04. The lowest BCUT2D eigenvalue weighted by molar-refractivity contribution is 0.183. The second-order valence-electron chi connectivity index (χ2n) is 7.35. The highest BCUT2D eigenvalue weighted by atomic mass is 32.2. The highest BCUT2D eigenvalue weighted by Crippen LogP contribution is 2.39. The minimum atomic E-state index is -3.56. The predicted molar refractivity (Wildman–Crippen MR) is 108 cm³/mol. The summed E-state index contributed by atoms with van der Waals surface area (Å²) >= 11 is 1.19. The molecule has 1 aliphatic heterocycles. The molecule has 2 N–H and O–H groups in total. The van der Waals surface area contributed by atoms with E-state index in [0.717, 1.165) is 18.4 Å². The molecule has 2 aromatic rings. The van der Waals surface area contributed by atoms with Gasteiger partial charge in [-0.15, -0.1) is 11.3 Å². The molecule has 0 spiro atoms. The highest BCUT2D eigenvalue weighted by molar-refractivity contribution is 7.91. The Bertz CT molecular complexity index is 975. The molecule has 1 saturated carbocycles. The fourth-order valence-electron chi connectivity index (χ4n) is 4.17. The summed E-state index contributed by atoms with van der Waals surface area (Å²) in [6.07, 6.45) is 1.57. The van der Waals surface area contributed by atoms with Crippen molar-refractivity contribution in [2.75, 3.05) is 19.0 Å². The molecule has 2 aliphatic rings. The van der Waals surface area contributed by atoms with E-state index in [1.165, 1.54) is 11.3 Å². The first-order chi connectivity index (χ1) is 13.4. The smallest absolute Gasteiger partial charge is 0.322 e. The van der Waals surface area contributed by atoms with Crippen LogP contribution in [0.5, 0.6) is 5.75 Å². The number of benzene rings is 1. The van der Waals surface area contributed by atoms with Crippen molar-refractivity contribution in [2.24, 2.45) is 5.92 Å². The third kappa shape index (κ3) is 3.61. The molecule has 2 bridgehead atoms. The zero-order valence-electron chi connectivity index (χ0n) is 15.7. The minimum absolute atomic E-state index is 0.143. The highest BCUT2D eigenvalue weighted by Gasteiger charge is 2.48. The number of aryl methyl sites for hydroxylation is 1. The number of carbonyl (C=O) groups is 1. The first-order valence-corrected chi connectivity index (χ1v) is 11.5. The summed E-state index contributed by atoms with van der Waals surface area (Å²) in [5.74, 6) is 0.907. The van der Waals surface area contributed by atoms with Gasteiger partial charge in [0.2, 0.25) is 10.0 Å². The summed E-state index contributed by atoms with van der Waals surface area (Å²) in [5, 5.41) is 4.67. The van der Waals surface area contributed by atoms with Crippen molar-refractivity contribution in [1.29, 1.82) is 0 Å². The molecule has 1 aromatic carbocycles. The van der Waals surface area contributed by atoms with Gasteiger partial charge in [0.1, 0.15) is 9.96 Å². The number of hydrogen-bond acceptors (Lipinski definition) is 5. The fourth-order valence-corrected chi connectivity index (χ4v) is 6.46. The fraction of sp³-hybridized carbons (Fsp3) is 0.421. The quantitative estimate of drug-likeness (QED) is 0.777. The van der Waals surface area contributed by atoms with Gasteiger partial charge < -0.3 is 15.0 Å². The number of hydrogen-bond donors (Lipinski definition) is 2. The van der Waals surface area contributed by atoms with Crippen LogP contribution in [0.3, 0.4) is 0 Å². The number of fused-ring (bicyclic) bond motifs is 2. The van der Waals surface area contributed by atoms with E-state index in [9.17, 15) is 13.2 Å². The van der Waals surface area contributed by atoms with Crippen LogP contribution in [0, 0.1) is 12.8 Å². The SMILES string of the molecule is COc1ccc(C)cc1NC(=O)N1C[C@@H]2C[C@H](NS(=O)(=O)c3cccs3)[C@H]1C2. The number of methoxy groups -OCH3 is 1. The van der Waals surface area contributed by atoms with Gasteiger partial charge in [-0.1, -0.05) is 12.1 Å². The molecule has 3 atom stereocenters. The van der Waals surface area contributed by atoms with E-state index in [1.807, 2.05) is 25.1 Å². The van der Waals surface area contributed by atoms with Crippen LogP contribution in [0.2, 0.25) is 0 Å². The summed E-state index contributed by atoms with van der Waals surface area (Å²) in [5.41, 5.74) is 1.63. The van der Waals surface area contributed by atoms with Gasteiger partial charge in [0.05, 0.1) is 18.8 Å². The Hall–Kier alpha value is -2.10. The monoisotopic (exact) mass is 421 g/mol. The Morgan fingerprint density at radius 3 is 2.79 bits per heavy atom. The molecule has 150 valence electrons. The van der Waals surface area contributed by atoms with Crippen molar-refractivity contribution < 1.29 is 17.9 Å². The average Bonchev–Trinajstić information content (AvgIpc) is 3.38. The van der Waals surface area contributed by atoms with Gasteiger partial charge in [0.25, 0.3) is 0 Å². The van der Waals surface area contributed by atoms with Crippen molar-refractivity contribution in [3.63, 3.8) is 0 Å². The Labute approximate surface area is 168 Å². The maximum atomic E-state index is 12.9. The number of anilines is 1. The molecule has 4 rings (SSSR count). The van der Waals surface area contributed by atoms with E-state index in [4.69, 9.17) is 4.74 Å². The van der Waals surface area contributed by atoms with Crippen LogP contribution < -0.4 is 14.8 Å². The van der Waals surface area contributed by atoms with E-state index in [2.05, 4.69) is 10.0 Å². The zero-order chi connectivity index (χ0) is 19.9. The van der Waals surface area contributed by atoms with Crippen LogP contribution in [0.4, 0.5) is 10.5 Å². The Morgan fingerprint density at radius 2 is 2.11 bits per heavy atom. The standard InChI is InChI=1S/C19H23N3O4S2/c1-12-5-6-17(26-2)15(8-12)20-19(23)22-11-13-9-14(16(22)10-13)21-28(24,25)18-4-3-7-27-18/h3-8,13-14,16,21H,9-11H2,1-2H3,(H,20,23)/t13-,14+,16-/m1/s1. The van der Waals surface area contributed by atoms with Gasteiger partial charge in [0, 0.05) is 12.6 Å². The molecular weight excluding hydrogens is 398 g/mol. The number of thiophene rings is 1. The van der Waals surface area contributed by atoms with Crippen LogP contribution in [-0.4, -0.2) is 45.1 Å². The Morgan fingerprint density at radius 1 is 1.29 bits per heavy atom. The summed E-state index contributed by atoms with van der Waals surface area (Å²) in [7, 11) is -1.99. The third-order valence-corrected chi connectivity index (χ3v) is 8.29. The van der Waals surface area contributed by atoms with E-state index < -0.39 is 10.0 Å². The third-order valence-electron chi connectivity index (χ3n) is 5.41. The van der Waals surface area contributed by atoms with Crippen LogP contribution >= 0.6 is 11.3 Å². The largest absolute Gasteiger partial charge is 0.495 e. The van der Waals surface area contributed by atoms with E-state index in [0.29, 0.717) is 28.1 Å². The lowest BCUT2D eigenvalue weighted by Gasteiger charge is -2.33. The normalized spacial score (nSPS) is 23.8. The molecule has 1 aromatic heterocycles. The van der Waals surface area contributed by atoms with Crippen molar-refractivity contribution in [3.05, 3.63) is 41.3 Å². The molecular formula is C19H23N3O4S2. The van der Waals surface area contributed by atoms with Gasteiger partial charge in [-0.3, -0.25) is 0 Å². The van der Waals surface area contributed by atoms with Gasteiger partial charge in [0.15, 0.2) is 0 Å². The van der Waals surface area contributed by atoms with Crippen molar-refractivity contribution >= 4 is 33.1 Å². The van der Waals surface area contributed by atoms with Gasteiger partial charge in [-0.2, -0.15) is 0 Å². The number of sulfonamides is 1. The zero-order valence-corrected chi connectivity index (χ0v) is 17.3. The van der Waals surface area contributed by atoms with Gasteiger partial charge in [-0.25, -0.2) is 17.9 Å². The first-order valence-electron chi connectivity index (χ1n) is 9.15. The van der Waals surface area contributed by atoms with Crippen LogP contribution in [0.25, 0.3) is 0 Å². The number of rotatable bonds is 5. The van der Waals surface area contributed by atoms with Gasteiger partial charge >= 0.3 is 6.03 Å². The molecule has 9 heteroatoms. The molecule has 28 heavy (non-hydrogen) atoms. The summed E-state index contributed by atoms with van der Waals surface area (Å²) in [6, 6.07) is 8.27. The molecule has 2 heterocycles. The number of ether oxygens (including phenoxy) is 1. The second-order valence-corrected chi connectivity index (χ2v) is 10.2. The van der Waals surface area contributed by atoms with Crippen molar-refractivity contribution in [2.45, 2.75) is 36.1 Å². The Balaban J connectivity index is 1.48. The molecule has 0 unspecified atom stereocenters. The van der Waals surface area contributed by atoms with Crippen LogP contribution in [0.15, 0.2) is 39.9 Å². The van der Waals surface area contributed by atoms with Crippen molar-refractivity contribution in [1.82, 2.24) is 9.62 Å². The minimum Gasteiger partial charge on any atom is -0.495 e. The lowest BCUT2D eigenvalue weighted by atomic mass is 10.1. The number of carbonyl (C=O) groups excluding carboxylic acids is 1. The van der Waals surface area contributed by atoms with Crippen LogP contribution in [-0.2, 0) is 10.0 Å². The van der Waals surface area contributed by atoms with Gasteiger partial charge in [-0.05, 0) is 54.8 Å². The molecule has 2 amide bonds. The molecule has 1 saturated heterocycles. The molecule has 1 aliphatic carbocycles. The Kier molecular flexibility index (Phi) is 5.07. The van der Waals surface area contributed by atoms with E-state index >= 15 is 0 Å². The number of nitrogens with zero attached hydrogens (tertiary/aromatic N) is 1. The number of amides is 2. The number of urea groups is 1. The molecule has 0 radical (unpaired) electrons. The molecule has 7 nitrogen and oxygen atoms in total. The maximum absolute atomic E-state index is 12.9. The van der Waals surface area contributed by atoms with Crippen molar-refractivity contribution in [3.8, 4) is 5.75 Å². The number of piperidine rings is 1. The van der Waals surface area contributed by atoms with E-state index in [1.54, 1.807) is 29.5 Å². The summed E-state index contributed by atoms with van der Waals surface area (Å²) in [6.45, 7) is 2.59.